The van der Waals surface area contributed by atoms with E-state index >= 15 is 0 Å². The van der Waals surface area contributed by atoms with Gasteiger partial charge in [0.2, 0.25) is 5.91 Å². The Morgan fingerprint density at radius 1 is 1.56 bits per heavy atom. The Morgan fingerprint density at radius 3 is 2.94 bits per heavy atom. The van der Waals surface area contributed by atoms with Gasteiger partial charge in [0.1, 0.15) is 5.03 Å². The predicted molar refractivity (Wildman–Crippen MR) is 62.6 cm³/mol. The molecule has 0 aliphatic carbocycles. The van der Waals surface area contributed by atoms with Crippen LogP contribution in [0.3, 0.4) is 0 Å². The summed E-state index contributed by atoms with van der Waals surface area (Å²) in [5.41, 5.74) is 0. The summed E-state index contributed by atoms with van der Waals surface area (Å²) in [5.74, 6) is -0.310. The lowest BCUT2D eigenvalue weighted by Gasteiger charge is -2.03. The highest BCUT2D eigenvalue weighted by molar-refractivity contribution is 8.00. The quantitative estimate of drug-likeness (QED) is 0.803. The molecule has 0 aromatic carbocycles. The van der Waals surface area contributed by atoms with E-state index in [-0.39, 0.29) is 5.75 Å². The van der Waals surface area contributed by atoms with Gasteiger partial charge in [-0.1, -0.05) is 23.4 Å². The van der Waals surface area contributed by atoms with Crippen LogP contribution in [0.2, 0.25) is 5.02 Å². The fourth-order valence-corrected chi connectivity index (χ4v) is 1.80. The van der Waals surface area contributed by atoms with Gasteiger partial charge in [0, 0.05) is 13.2 Å². The van der Waals surface area contributed by atoms with Crippen molar-refractivity contribution >= 4 is 35.3 Å². The largest absolute Gasteiger partial charge is 0.341 e. The second-order valence-electron chi connectivity index (χ2n) is 2.71. The van der Waals surface area contributed by atoms with Crippen LogP contribution in [0.1, 0.15) is 0 Å². The number of hydrogen-bond acceptors (Lipinski definition) is 4. The number of nitrogens with one attached hydrogen (secondary N) is 2. The number of imide groups is 1. The summed E-state index contributed by atoms with van der Waals surface area (Å²) < 4.78 is 0. The number of nitrogens with zero attached hydrogens (tertiary/aromatic N) is 1. The van der Waals surface area contributed by atoms with E-state index < -0.39 is 11.9 Å². The second kappa shape index (κ2) is 6.34. The van der Waals surface area contributed by atoms with E-state index in [1.807, 2.05) is 0 Å². The number of aromatic nitrogens is 1. The maximum atomic E-state index is 11.2. The average molecular weight is 260 g/mol. The van der Waals surface area contributed by atoms with Crippen molar-refractivity contribution < 1.29 is 9.59 Å². The third-order valence-electron chi connectivity index (χ3n) is 1.54. The minimum absolute atomic E-state index is 0.0875. The predicted octanol–water partition coefficient (Wildman–Crippen LogP) is 1.28. The summed E-state index contributed by atoms with van der Waals surface area (Å²) in [6.07, 6.45) is 1.59. The third-order valence-corrected chi connectivity index (χ3v) is 2.97. The van der Waals surface area contributed by atoms with Gasteiger partial charge in [-0.2, -0.15) is 0 Å². The number of halogens is 1. The zero-order chi connectivity index (χ0) is 12.0. The molecule has 2 N–H and O–H groups in total. The molecule has 3 amide bonds. The van der Waals surface area contributed by atoms with Gasteiger partial charge in [-0.05, 0) is 12.1 Å². The molecule has 5 nitrogen and oxygen atoms in total. The van der Waals surface area contributed by atoms with Crippen LogP contribution in [-0.4, -0.2) is 29.7 Å². The molecule has 0 radical (unpaired) electrons. The number of carbonyl (C=O) groups excluding carboxylic acids is 2. The van der Waals surface area contributed by atoms with Gasteiger partial charge < -0.3 is 5.32 Å². The molecule has 0 bridgehead atoms. The number of hydrogen-bond donors (Lipinski definition) is 2. The third kappa shape index (κ3) is 4.08. The van der Waals surface area contributed by atoms with Crippen molar-refractivity contribution in [2.24, 2.45) is 0 Å². The summed E-state index contributed by atoms with van der Waals surface area (Å²) in [6.45, 7) is 0. The molecule has 0 spiro atoms. The van der Waals surface area contributed by atoms with Gasteiger partial charge in [-0.15, -0.1) is 0 Å². The standard InChI is InChI=1S/C9H10ClN3O2S/c1-11-9(15)13-7(14)5-16-8-6(10)3-2-4-12-8/h2-4H,5H2,1H3,(H2,11,13,14,15). The first-order valence-corrected chi connectivity index (χ1v) is 5.74. The lowest BCUT2D eigenvalue weighted by atomic mass is 10.5. The zero-order valence-electron chi connectivity index (χ0n) is 8.49. The number of urea groups is 1. The molecule has 16 heavy (non-hydrogen) atoms. The monoisotopic (exact) mass is 259 g/mol. The van der Waals surface area contributed by atoms with Crippen LogP contribution in [-0.2, 0) is 4.79 Å². The summed E-state index contributed by atoms with van der Waals surface area (Å²) in [5, 5.41) is 5.47. The van der Waals surface area contributed by atoms with Crippen molar-refractivity contribution in [3.63, 3.8) is 0 Å². The molecule has 86 valence electrons. The molecule has 0 aliphatic heterocycles. The van der Waals surface area contributed by atoms with Gasteiger partial charge in [0.25, 0.3) is 0 Å². The average Bonchev–Trinajstić information content (AvgIpc) is 2.28. The van der Waals surface area contributed by atoms with Crippen LogP contribution in [0.15, 0.2) is 23.4 Å². The summed E-state index contributed by atoms with van der Waals surface area (Å²) >= 11 is 7.02. The number of pyridine rings is 1. The minimum Gasteiger partial charge on any atom is -0.341 e. The first-order valence-electron chi connectivity index (χ1n) is 4.38. The van der Waals surface area contributed by atoms with Gasteiger partial charge in [-0.25, -0.2) is 9.78 Å². The lowest BCUT2D eigenvalue weighted by Crippen LogP contribution is -2.38. The van der Waals surface area contributed by atoms with Crippen molar-refractivity contribution in [3.8, 4) is 0 Å². The molecule has 7 heteroatoms. The Bertz CT molecular complexity index is 400. The van der Waals surface area contributed by atoms with Gasteiger partial charge in [-0.3, -0.25) is 10.1 Å². The van der Waals surface area contributed by atoms with E-state index in [0.29, 0.717) is 10.0 Å². The van der Waals surface area contributed by atoms with E-state index in [1.54, 1.807) is 18.3 Å². The first kappa shape index (κ1) is 12.8. The van der Waals surface area contributed by atoms with Crippen molar-refractivity contribution in [2.75, 3.05) is 12.8 Å². The van der Waals surface area contributed by atoms with E-state index in [0.717, 1.165) is 0 Å². The van der Waals surface area contributed by atoms with Crippen LogP contribution in [0.5, 0.6) is 0 Å². The smallest absolute Gasteiger partial charge is 0.321 e. The van der Waals surface area contributed by atoms with Gasteiger partial charge in [0.05, 0.1) is 10.8 Å². The molecule has 0 saturated carbocycles. The molecule has 1 aromatic heterocycles. The Hall–Kier alpha value is -1.27. The fourth-order valence-electron chi connectivity index (χ4n) is 0.837. The molecule has 0 fully saturated rings. The van der Waals surface area contributed by atoms with Crippen LogP contribution in [0.4, 0.5) is 4.79 Å². The zero-order valence-corrected chi connectivity index (χ0v) is 10.1. The van der Waals surface area contributed by atoms with Gasteiger partial charge >= 0.3 is 6.03 Å². The second-order valence-corrected chi connectivity index (χ2v) is 4.08. The molecule has 1 rings (SSSR count). The first-order chi connectivity index (χ1) is 7.63. The lowest BCUT2D eigenvalue weighted by molar-refractivity contribution is -0.117. The molecule has 1 aromatic rings. The van der Waals surface area contributed by atoms with E-state index in [9.17, 15) is 9.59 Å². The Kier molecular flexibility index (Phi) is 5.07. The number of rotatable bonds is 3. The van der Waals surface area contributed by atoms with Crippen molar-refractivity contribution in [1.82, 2.24) is 15.6 Å². The highest BCUT2D eigenvalue weighted by Crippen LogP contribution is 2.23. The normalized spacial score (nSPS) is 9.62. The number of carbonyl (C=O) groups is 2. The van der Waals surface area contributed by atoms with Crippen molar-refractivity contribution in [2.45, 2.75) is 5.03 Å². The highest BCUT2D eigenvalue weighted by atomic mass is 35.5. The number of thioether (sulfide) groups is 1. The highest BCUT2D eigenvalue weighted by Gasteiger charge is 2.08. The van der Waals surface area contributed by atoms with Crippen LogP contribution >= 0.6 is 23.4 Å². The molecule has 1 heterocycles. The van der Waals surface area contributed by atoms with E-state index in [4.69, 9.17) is 11.6 Å². The van der Waals surface area contributed by atoms with E-state index in [1.165, 1.54) is 18.8 Å². The Balaban J connectivity index is 2.43. The maximum absolute atomic E-state index is 11.2. The van der Waals surface area contributed by atoms with Crippen LogP contribution < -0.4 is 10.6 Å². The molecular weight excluding hydrogens is 250 g/mol. The molecule has 0 atom stereocenters. The van der Waals surface area contributed by atoms with Gasteiger partial charge in [0.15, 0.2) is 0 Å². The van der Waals surface area contributed by atoms with Crippen molar-refractivity contribution in [1.29, 1.82) is 0 Å². The summed E-state index contributed by atoms with van der Waals surface area (Å²) in [4.78, 5) is 26.0. The molecule has 0 unspecified atom stereocenters. The Labute approximate surface area is 102 Å². The summed E-state index contributed by atoms with van der Waals surface area (Å²) in [6, 6.07) is 2.86. The fraction of sp³-hybridized carbons (Fsp3) is 0.222. The number of amides is 3. The maximum Gasteiger partial charge on any atom is 0.321 e. The SMILES string of the molecule is CNC(=O)NC(=O)CSc1ncccc1Cl. The molecule has 0 aliphatic rings. The molecule has 0 saturated heterocycles. The Morgan fingerprint density at radius 2 is 2.31 bits per heavy atom. The molecular formula is C9H10ClN3O2S. The van der Waals surface area contributed by atoms with Crippen molar-refractivity contribution in [3.05, 3.63) is 23.4 Å². The minimum atomic E-state index is -0.530. The topological polar surface area (TPSA) is 71.1 Å². The van der Waals surface area contributed by atoms with E-state index in [2.05, 4.69) is 15.6 Å². The van der Waals surface area contributed by atoms with Crippen LogP contribution in [0, 0.1) is 0 Å². The summed E-state index contributed by atoms with van der Waals surface area (Å²) in [7, 11) is 1.44. The van der Waals surface area contributed by atoms with Crippen LogP contribution in [0.25, 0.3) is 0 Å².